The molecule has 0 saturated heterocycles. The average molecular weight is 275 g/mol. The first-order chi connectivity index (χ1) is 10.3. The van der Waals surface area contributed by atoms with Gasteiger partial charge in [-0.2, -0.15) is 0 Å². The van der Waals surface area contributed by atoms with Gasteiger partial charge in [-0.1, -0.05) is 48.6 Å². The Bertz CT molecular complexity index is 677. The Morgan fingerprint density at radius 2 is 1.71 bits per heavy atom. The van der Waals surface area contributed by atoms with Gasteiger partial charge in [0.15, 0.2) is 5.78 Å². The molecule has 0 aliphatic heterocycles. The summed E-state index contributed by atoms with van der Waals surface area (Å²) in [6, 6.07) is 16.0. The molecule has 2 aromatic rings. The molecule has 4 rings (SSSR count). The Balaban J connectivity index is 1.73. The van der Waals surface area contributed by atoms with Crippen molar-refractivity contribution in [3.63, 3.8) is 0 Å². The van der Waals surface area contributed by atoms with Crippen molar-refractivity contribution in [1.29, 1.82) is 0 Å². The van der Waals surface area contributed by atoms with Crippen LogP contribution in [0.3, 0.4) is 0 Å². The zero-order chi connectivity index (χ0) is 14.2. The SMILES string of the molecule is O=C(c1ccccn1)C1C(c2ccccc2)[C@H]2C=C[C@@H]1C2. The molecule has 2 aliphatic rings. The highest BCUT2D eigenvalue weighted by Gasteiger charge is 2.48. The summed E-state index contributed by atoms with van der Waals surface area (Å²) >= 11 is 0. The van der Waals surface area contributed by atoms with E-state index < -0.39 is 0 Å². The number of aromatic nitrogens is 1. The van der Waals surface area contributed by atoms with Gasteiger partial charge < -0.3 is 0 Å². The van der Waals surface area contributed by atoms with Gasteiger partial charge in [0, 0.05) is 18.0 Å². The first-order valence-electron chi connectivity index (χ1n) is 7.53. The highest BCUT2D eigenvalue weighted by atomic mass is 16.1. The van der Waals surface area contributed by atoms with E-state index in [1.54, 1.807) is 6.20 Å². The normalized spacial score (nSPS) is 29.7. The van der Waals surface area contributed by atoms with Gasteiger partial charge in [-0.15, -0.1) is 0 Å². The monoisotopic (exact) mass is 275 g/mol. The van der Waals surface area contributed by atoms with E-state index in [0.717, 1.165) is 6.42 Å². The summed E-state index contributed by atoms with van der Waals surface area (Å²) in [5.41, 5.74) is 1.88. The molecule has 21 heavy (non-hydrogen) atoms. The lowest BCUT2D eigenvalue weighted by molar-refractivity contribution is 0.0881. The van der Waals surface area contributed by atoms with Gasteiger partial charge in [0.25, 0.3) is 0 Å². The fourth-order valence-corrected chi connectivity index (χ4v) is 3.99. The summed E-state index contributed by atoms with van der Waals surface area (Å²) in [6.45, 7) is 0. The maximum absolute atomic E-state index is 12.9. The molecule has 1 heterocycles. The Hall–Kier alpha value is -2.22. The highest BCUT2D eigenvalue weighted by Crippen LogP contribution is 2.53. The average Bonchev–Trinajstić information content (AvgIpc) is 3.17. The van der Waals surface area contributed by atoms with Gasteiger partial charge >= 0.3 is 0 Å². The second-order valence-corrected chi connectivity index (χ2v) is 5.99. The van der Waals surface area contributed by atoms with Gasteiger partial charge in [0.05, 0.1) is 0 Å². The van der Waals surface area contributed by atoms with Crippen LogP contribution in [0.25, 0.3) is 0 Å². The van der Waals surface area contributed by atoms with Crippen molar-refractivity contribution in [2.75, 3.05) is 0 Å². The van der Waals surface area contributed by atoms with Crippen molar-refractivity contribution in [3.05, 3.63) is 78.1 Å². The largest absolute Gasteiger partial charge is 0.292 e. The first kappa shape index (κ1) is 12.5. The number of Topliss-reactive ketones (excluding diaryl/α,β-unsaturated/α-hetero) is 1. The van der Waals surface area contributed by atoms with Crippen LogP contribution in [-0.4, -0.2) is 10.8 Å². The molecule has 4 atom stereocenters. The van der Waals surface area contributed by atoms with Crippen molar-refractivity contribution < 1.29 is 4.79 Å². The van der Waals surface area contributed by atoms with Crippen LogP contribution in [0.2, 0.25) is 0 Å². The third-order valence-electron chi connectivity index (χ3n) is 4.86. The van der Waals surface area contributed by atoms with E-state index in [1.807, 2.05) is 24.3 Å². The number of hydrogen-bond acceptors (Lipinski definition) is 2. The fourth-order valence-electron chi connectivity index (χ4n) is 3.99. The minimum absolute atomic E-state index is 0.0392. The van der Waals surface area contributed by atoms with Crippen LogP contribution < -0.4 is 0 Å². The first-order valence-corrected chi connectivity index (χ1v) is 7.53. The van der Waals surface area contributed by atoms with Crippen LogP contribution in [-0.2, 0) is 0 Å². The molecule has 2 bridgehead atoms. The van der Waals surface area contributed by atoms with Crippen molar-refractivity contribution in [1.82, 2.24) is 4.98 Å². The van der Waals surface area contributed by atoms with E-state index in [1.165, 1.54) is 5.56 Å². The van der Waals surface area contributed by atoms with Crippen molar-refractivity contribution in [2.24, 2.45) is 17.8 Å². The summed E-state index contributed by atoms with van der Waals surface area (Å²) in [4.78, 5) is 17.2. The van der Waals surface area contributed by atoms with E-state index in [0.29, 0.717) is 23.4 Å². The molecule has 1 saturated carbocycles. The Labute approximate surface area is 124 Å². The smallest absolute Gasteiger partial charge is 0.185 e. The number of hydrogen-bond donors (Lipinski definition) is 0. The fraction of sp³-hybridized carbons (Fsp3) is 0.263. The molecule has 2 nitrogen and oxygen atoms in total. The third kappa shape index (κ3) is 2.02. The van der Waals surface area contributed by atoms with Gasteiger partial charge in [0.1, 0.15) is 5.69 Å². The minimum Gasteiger partial charge on any atom is -0.292 e. The van der Waals surface area contributed by atoms with Gasteiger partial charge in [-0.25, -0.2) is 0 Å². The van der Waals surface area contributed by atoms with E-state index in [-0.39, 0.29) is 11.7 Å². The molecule has 0 radical (unpaired) electrons. The minimum atomic E-state index is 0.0392. The molecule has 0 amide bonds. The topological polar surface area (TPSA) is 30.0 Å². The second kappa shape index (κ2) is 4.96. The van der Waals surface area contributed by atoms with Crippen LogP contribution in [0, 0.1) is 17.8 Å². The number of carbonyl (C=O) groups excluding carboxylic acids is 1. The molecular weight excluding hydrogens is 258 g/mol. The van der Waals surface area contributed by atoms with E-state index in [2.05, 4.69) is 41.4 Å². The van der Waals surface area contributed by atoms with Gasteiger partial charge in [0.2, 0.25) is 0 Å². The summed E-state index contributed by atoms with van der Waals surface area (Å²) in [5, 5.41) is 0. The summed E-state index contributed by atoms with van der Waals surface area (Å²) in [6.07, 6.45) is 7.33. The lowest BCUT2D eigenvalue weighted by Gasteiger charge is -2.27. The number of rotatable bonds is 3. The van der Waals surface area contributed by atoms with Crippen LogP contribution in [0.5, 0.6) is 0 Å². The quantitative estimate of drug-likeness (QED) is 0.628. The molecule has 2 aliphatic carbocycles. The molecule has 1 aromatic carbocycles. The Kier molecular flexibility index (Phi) is 2.95. The molecule has 2 heteroatoms. The predicted molar refractivity (Wildman–Crippen MR) is 82.0 cm³/mol. The summed E-state index contributed by atoms with van der Waals surface area (Å²) in [5.74, 6) is 1.40. The lowest BCUT2D eigenvalue weighted by Crippen LogP contribution is -2.27. The molecule has 0 N–H and O–H groups in total. The number of benzene rings is 1. The highest BCUT2D eigenvalue weighted by molar-refractivity contribution is 5.97. The van der Waals surface area contributed by atoms with E-state index in [4.69, 9.17) is 0 Å². The van der Waals surface area contributed by atoms with Crippen LogP contribution in [0.4, 0.5) is 0 Å². The standard InChI is InChI=1S/C19H17NO/c21-19(16-8-4-5-11-20-16)18-15-10-9-14(12-15)17(18)13-6-2-1-3-7-13/h1-11,14-15,17-18H,12H2/t14-,15+,17?,18?/m0/s1. The van der Waals surface area contributed by atoms with Crippen molar-refractivity contribution in [3.8, 4) is 0 Å². The van der Waals surface area contributed by atoms with Gasteiger partial charge in [-0.3, -0.25) is 9.78 Å². The Morgan fingerprint density at radius 1 is 0.952 bits per heavy atom. The summed E-state index contributed by atoms with van der Waals surface area (Å²) < 4.78 is 0. The number of ketones is 1. The lowest BCUT2D eigenvalue weighted by atomic mass is 9.75. The molecule has 1 fully saturated rings. The molecule has 0 spiro atoms. The summed E-state index contributed by atoms with van der Waals surface area (Å²) in [7, 11) is 0. The molecule has 104 valence electrons. The third-order valence-corrected chi connectivity index (χ3v) is 4.86. The van der Waals surface area contributed by atoms with E-state index in [9.17, 15) is 4.79 Å². The number of allylic oxidation sites excluding steroid dienone is 2. The van der Waals surface area contributed by atoms with Crippen LogP contribution in [0.1, 0.15) is 28.4 Å². The molecule has 1 aromatic heterocycles. The number of fused-ring (bicyclic) bond motifs is 2. The predicted octanol–water partition coefficient (Wildman–Crippen LogP) is 3.87. The van der Waals surface area contributed by atoms with Crippen molar-refractivity contribution >= 4 is 5.78 Å². The van der Waals surface area contributed by atoms with Gasteiger partial charge in [-0.05, 0) is 36.0 Å². The number of nitrogens with zero attached hydrogens (tertiary/aromatic N) is 1. The number of carbonyl (C=O) groups is 1. The Morgan fingerprint density at radius 3 is 2.48 bits per heavy atom. The number of pyridine rings is 1. The maximum Gasteiger partial charge on any atom is 0.185 e. The zero-order valence-electron chi connectivity index (χ0n) is 11.7. The molecule has 2 unspecified atom stereocenters. The zero-order valence-corrected chi connectivity index (χ0v) is 11.7. The maximum atomic E-state index is 12.9. The van der Waals surface area contributed by atoms with Crippen molar-refractivity contribution in [2.45, 2.75) is 12.3 Å². The van der Waals surface area contributed by atoms with Crippen LogP contribution in [0.15, 0.2) is 66.9 Å². The van der Waals surface area contributed by atoms with E-state index >= 15 is 0 Å². The second-order valence-electron chi connectivity index (χ2n) is 5.99. The molecular formula is C19H17NO. The van der Waals surface area contributed by atoms with Crippen LogP contribution >= 0.6 is 0 Å².